The van der Waals surface area contributed by atoms with Crippen molar-refractivity contribution in [3.8, 4) is 11.6 Å². The van der Waals surface area contributed by atoms with Gasteiger partial charge in [-0.1, -0.05) is 39.3 Å². The van der Waals surface area contributed by atoms with Crippen LogP contribution >= 0.6 is 11.6 Å². The first-order chi connectivity index (χ1) is 15.4. The van der Waals surface area contributed by atoms with Gasteiger partial charge < -0.3 is 9.73 Å². The largest absolute Gasteiger partial charge is 0.435 e. The van der Waals surface area contributed by atoms with E-state index in [2.05, 4.69) is 22.2 Å². The molecule has 0 spiro atoms. The molecular weight excluding hydrogens is 426 g/mol. The number of ketones is 1. The number of Topliss-reactive ketones (excluding diaryl/α,β-unsaturated/α-hetero) is 1. The van der Waals surface area contributed by atoms with Crippen molar-refractivity contribution in [2.75, 3.05) is 0 Å². The molecule has 32 heavy (non-hydrogen) atoms. The van der Waals surface area contributed by atoms with Crippen molar-refractivity contribution in [1.82, 2.24) is 15.3 Å². The van der Waals surface area contributed by atoms with Gasteiger partial charge in [-0.25, -0.2) is 4.98 Å². The summed E-state index contributed by atoms with van der Waals surface area (Å²) in [5.41, 5.74) is 2.47. The fraction of sp³-hybridized carbons (Fsp3) is 0.440. The van der Waals surface area contributed by atoms with Gasteiger partial charge in [0.2, 0.25) is 11.8 Å². The van der Waals surface area contributed by atoms with Crippen molar-refractivity contribution >= 4 is 34.4 Å². The van der Waals surface area contributed by atoms with E-state index in [1.807, 2.05) is 20.8 Å². The van der Waals surface area contributed by atoms with Crippen LogP contribution in [0, 0.1) is 5.92 Å². The number of hydrogen-bond donors (Lipinski definition) is 1. The Morgan fingerprint density at radius 1 is 1.19 bits per heavy atom. The van der Waals surface area contributed by atoms with Crippen molar-refractivity contribution in [3.63, 3.8) is 0 Å². The van der Waals surface area contributed by atoms with Crippen molar-refractivity contribution in [1.29, 1.82) is 0 Å². The van der Waals surface area contributed by atoms with Crippen LogP contribution < -0.4 is 5.32 Å². The Hall–Kier alpha value is -2.73. The predicted molar refractivity (Wildman–Crippen MR) is 129 cm³/mol. The summed E-state index contributed by atoms with van der Waals surface area (Å²) in [6, 6.07) is 9.13. The number of amides is 1. The molecule has 7 heteroatoms. The van der Waals surface area contributed by atoms with Gasteiger partial charge in [0.15, 0.2) is 11.4 Å². The Morgan fingerprint density at radius 3 is 2.50 bits per heavy atom. The first-order valence-corrected chi connectivity index (χ1v) is 11.6. The first kappa shape index (κ1) is 25.5. The van der Waals surface area contributed by atoms with Gasteiger partial charge in [-0.05, 0) is 56.4 Å². The van der Waals surface area contributed by atoms with Crippen LogP contribution in [0.4, 0.5) is 0 Å². The number of carbonyl (C=O) groups excluding carboxylic acids is 2. The number of carbonyl (C=O) groups is 2. The molecule has 1 saturated carbocycles. The van der Waals surface area contributed by atoms with E-state index in [1.165, 1.54) is 32.4 Å². The Morgan fingerprint density at radius 2 is 1.94 bits per heavy atom. The molecule has 0 unspecified atom stereocenters. The van der Waals surface area contributed by atoms with E-state index in [4.69, 9.17) is 16.0 Å². The summed E-state index contributed by atoms with van der Waals surface area (Å²) in [6.07, 6.45) is 5.75. The minimum Gasteiger partial charge on any atom is -0.435 e. The highest BCUT2D eigenvalue weighted by molar-refractivity contribution is 6.31. The lowest BCUT2D eigenvalue weighted by molar-refractivity contribution is -0.121. The Balaban J connectivity index is 0.000000239. The minimum atomic E-state index is -0.0246. The number of benzene rings is 1. The van der Waals surface area contributed by atoms with E-state index >= 15 is 0 Å². The molecule has 0 aliphatic heterocycles. The van der Waals surface area contributed by atoms with Crippen LogP contribution in [-0.2, 0) is 4.79 Å². The molecule has 0 bridgehead atoms. The summed E-state index contributed by atoms with van der Waals surface area (Å²) >= 11 is 5.89. The number of fused-ring (bicyclic) bond motifs is 1. The third-order valence-corrected chi connectivity index (χ3v) is 5.36. The summed E-state index contributed by atoms with van der Waals surface area (Å²) in [6.45, 7) is 9.64. The average Bonchev–Trinajstić information content (AvgIpc) is 3.41. The van der Waals surface area contributed by atoms with E-state index in [9.17, 15) is 9.59 Å². The number of aromatic nitrogens is 2. The molecule has 1 aliphatic rings. The van der Waals surface area contributed by atoms with Gasteiger partial charge in [-0.2, -0.15) is 0 Å². The van der Waals surface area contributed by atoms with Gasteiger partial charge in [0, 0.05) is 35.3 Å². The van der Waals surface area contributed by atoms with Crippen LogP contribution in [0.15, 0.2) is 40.9 Å². The number of pyridine rings is 1. The second kappa shape index (κ2) is 12.3. The third kappa shape index (κ3) is 7.16. The molecule has 1 aromatic carbocycles. The van der Waals surface area contributed by atoms with E-state index in [0.717, 1.165) is 11.4 Å². The maximum absolute atomic E-state index is 11.2. The van der Waals surface area contributed by atoms with Gasteiger partial charge in [0.25, 0.3) is 0 Å². The van der Waals surface area contributed by atoms with Crippen LogP contribution in [0.5, 0.6) is 0 Å². The Labute approximate surface area is 194 Å². The number of hydrogen-bond acceptors (Lipinski definition) is 5. The molecule has 1 fully saturated rings. The van der Waals surface area contributed by atoms with Crippen molar-refractivity contribution in [3.05, 3.63) is 47.1 Å². The lowest BCUT2D eigenvalue weighted by Crippen LogP contribution is -2.32. The number of nitrogens with one attached hydrogen (secondary N) is 1. The maximum atomic E-state index is 11.2. The Bertz CT molecular complexity index is 1030. The molecule has 1 aliphatic carbocycles. The summed E-state index contributed by atoms with van der Waals surface area (Å²) in [5, 5.41) is 3.61. The smallest absolute Gasteiger partial charge is 0.246 e. The van der Waals surface area contributed by atoms with Gasteiger partial charge in [0.05, 0.1) is 0 Å². The lowest BCUT2D eigenvalue weighted by atomic mass is 10.1. The topological polar surface area (TPSA) is 85.1 Å². The number of halogens is 1. The zero-order valence-corrected chi connectivity index (χ0v) is 20.2. The quantitative estimate of drug-likeness (QED) is 0.453. The van der Waals surface area contributed by atoms with Crippen LogP contribution in [0.25, 0.3) is 22.7 Å². The van der Waals surface area contributed by atoms with Gasteiger partial charge in [0.1, 0.15) is 11.2 Å². The highest BCUT2D eigenvalue weighted by atomic mass is 35.5. The summed E-state index contributed by atoms with van der Waals surface area (Å²) < 4.78 is 5.59. The molecule has 4 rings (SSSR count). The van der Waals surface area contributed by atoms with E-state index in [-0.39, 0.29) is 11.7 Å². The molecular formula is C25H32ClN3O3. The van der Waals surface area contributed by atoms with Crippen molar-refractivity contribution in [2.24, 2.45) is 5.92 Å². The van der Waals surface area contributed by atoms with Crippen molar-refractivity contribution in [2.45, 2.75) is 66.3 Å². The molecule has 1 N–H and O–H groups in total. The van der Waals surface area contributed by atoms with E-state index in [0.29, 0.717) is 40.2 Å². The second-order valence-corrected chi connectivity index (χ2v) is 8.09. The summed E-state index contributed by atoms with van der Waals surface area (Å²) in [7, 11) is 0. The zero-order valence-electron chi connectivity index (χ0n) is 19.4. The molecule has 0 radical (unpaired) electrons. The lowest BCUT2D eigenvalue weighted by Gasteiger charge is -2.10. The van der Waals surface area contributed by atoms with Gasteiger partial charge in [-0.3, -0.25) is 14.6 Å². The number of rotatable bonds is 4. The second-order valence-electron chi connectivity index (χ2n) is 7.66. The van der Waals surface area contributed by atoms with Crippen LogP contribution in [0.2, 0.25) is 5.02 Å². The SMILES string of the molecule is CC.CC(=O)c1ccc(-c2nc3ccc(Cl)cc3o2)nc1.CCC(=O)N[C@H]1CC[C@@H](C)C1. The van der Waals surface area contributed by atoms with E-state index < -0.39 is 0 Å². The molecule has 0 saturated heterocycles. The van der Waals surface area contributed by atoms with Crippen LogP contribution in [0.1, 0.15) is 70.7 Å². The predicted octanol–water partition coefficient (Wildman–Crippen LogP) is 6.47. The highest BCUT2D eigenvalue weighted by Gasteiger charge is 2.21. The fourth-order valence-corrected chi connectivity index (χ4v) is 3.57. The highest BCUT2D eigenvalue weighted by Crippen LogP contribution is 2.25. The van der Waals surface area contributed by atoms with Crippen LogP contribution in [-0.4, -0.2) is 27.7 Å². The van der Waals surface area contributed by atoms with E-state index in [1.54, 1.807) is 30.3 Å². The molecule has 2 atom stereocenters. The molecule has 6 nitrogen and oxygen atoms in total. The van der Waals surface area contributed by atoms with Crippen molar-refractivity contribution < 1.29 is 14.0 Å². The van der Waals surface area contributed by atoms with Crippen LogP contribution in [0.3, 0.4) is 0 Å². The third-order valence-electron chi connectivity index (χ3n) is 5.12. The molecule has 172 valence electrons. The normalized spacial score (nSPS) is 17.1. The molecule has 2 heterocycles. The molecule has 3 aromatic rings. The monoisotopic (exact) mass is 457 g/mol. The zero-order chi connectivity index (χ0) is 23.7. The van der Waals surface area contributed by atoms with Gasteiger partial charge in [-0.15, -0.1) is 0 Å². The fourth-order valence-electron chi connectivity index (χ4n) is 3.40. The summed E-state index contributed by atoms with van der Waals surface area (Å²) in [4.78, 5) is 30.6. The van der Waals surface area contributed by atoms with Gasteiger partial charge >= 0.3 is 0 Å². The molecule has 2 aromatic heterocycles. The summed E-state index contributed by atoms with van der Waals surface area (Å²) in [5.74, 6) is 1.39. The average molecular weight is 458 g/mol. The molecule has 1 amide bonds. The number of nitrogens with zero attached hydrogens (tertiary/aromatic N) is 2. The first-order valence-electron chi connectivity index (χ1n) is 11.2. The standard InChI is InChI=1S/C14H9ClN2O2.C9H17NO.C2H6/c1-8(18)9-2-4-12(16-7-9)14-17-11-5-3-10(15)6-13(11)19-14;1-3-9(11)10-8-5-4-7(2)6-8;1-2/h2-7H,1H3;7-8H,3-6H2,1-2H3,(H,10,11);1-2H3/t;7-,8+;/m.1./s1. The Kier molecular flexibility index (Phi) is 9.85. The minimum absolute atomic E-state index is 0.0246. The number of oxazole rings is 1. The maximum Gasteiger partial charge on any atom is 0.246 e.